The van der Waals surface area contributed by atoms with Crippen molar-refractivity contribution in [3.8, 4) is 0 Å². The fourth-order valence-electron chi connectivity index (χ4n) is 6.51. The monoisotopic (exact) mass is 606 g/mol. The Morgan fingerprint density at radius 3 is 2.72 bits per heavy atom. The summed E-state index contributed by atoms with van der Waals surface area (Å²) in [6, 6.07) is 3.00. The van der Waals surface area contributed by atoms with Crippen LogP contribution in [0.15, 0.2) is 40.9 Å². The molecule has 6 rings (SSSR count). The predicted octanol–water partition coefficient (Wildman–Crippen LogP) is 4.54. The van der Waals surface area contributed by atoms with E-state index >= 15 is 0 Å². The van der Waals surface area contributed by atoms with Gasteiger partial charge in [0, 0.05) is 36.2 Å². The summed E-state index contributed by atoms with van der Waals surface area (Å²) < 4.78 is 88.8. The second-order valence-electron chi connectivity index (χ2n) is 11.2. The summed E-state index contributed by atoms with van der Waals surface area (Å²) in [7, 11) is 0. The number of anilines is 1. The Morgan fingerprint density at radius 1 is 1.21 bits per heavy atom. The van der Waals surface area contributed by atoms with Gasteiger partial charge in [0.2, 0.25) is 11.8 Å². The van der Waals surface area contributed by atoms with E-state index in [2.05, 4.69) is 15.6 Å². The first kappa shape index (κ1) is 28.7. The molecular weight excluding hydrogens is 582 g/mol. The summed E-state index contributed by atoms with van der Waals surface area (Å²) in [5.41, 5.74) is -0.177. The van der Waals surface area contributed by atoms with Gasteiger partial charge in [0.15, 0.2) is 17.4 Å². The van der Waals surface area contributed by atoms with Gasteiger partial charge in [0.1, 0.15) is 30.0 Å². The number of alkyl halides is 3. The van der Waals surface area contributed by atoms with E-state index in [9.17, 15) is 40.7 Å². The summed E-state index contributed by atoms with van der Waals surface area (Å²) in [5.74, 6) is -7.00. The molecule has 1 saturated heterocycles. The Balaban J connectivity index is 1.27. The number of rotatable bonds is 4. The number of nitrogens with one attached hydrogen (secondary N) is 2. The summed E-state index contributed by atoms with van der Waals surface area (Å²) in [4.78, 5) is 44.0. The van der Waals surface area contributed by atoms with Gasteiger partial charge >= 0.3 is 6.18 Å². The fraction of sp³-hybridized carbons (Fsp3) is 0.379. The smallest absolute Gasteiger partial charge is 0.406 e. The SMILES string of the molecule is CC1C(c2cc(F)cc(F)c2F)CC(NC(=O)c2cc3c(o2)CC[C@@]2(C3)C(=O)Nc3ncccc32)C(=O)N1CC(F)(F)F. The molecule has 3 amide bonds. The van der Waals surface area contributed by atoms with Gasteiger partial charge in [-0.05, 0) is 55.5 Å². The minimum atomic E-state index is -4.84. The lowest BCUT2D eigenvalue weighted by Crippen LogP contribution is -2.59. The van der Waals surface area contributed by atoms with Gasteiger partial charge in [-0.2, -0.15) is 13.2 Å². The number of hydrogen-bond donors (Lipinski definition) is 2. The van der Waals surface area contributed by atoms with Crippen LogP contribution < -0.4 is 10.6 Å². The molecule has 3 aromatic rings. The Morgan fingerprint density at radius 2 is 1.98 bits per heavy atom. The normalized spacial score (nSPS) is 25.0. The number of carbonyl (C=O) groups excluding carboxylic acids is 3. The Labute approximate surface area is 240 Å². The van der Waals surface area contributed by atoms with Crippen molar-refractivity contribution in [2.24, 2.45) is 0 Å². The summed E-state index contributed by atoms with van der Waals surface area (Å²) in [6.07, 6.45) is -2.83. The van der Waals surface area contributed by atoms with Crippen LogP contribution in [0.2, 0.25) is 0 Å². The molecule has 14 heteroatoms. The number of halogens is 6. The number of fused-ring (bicyclic) bond motifs is 3. The molecule has 43 heavy (non-hydrogen) atoms. The van der Waals surface area contributed by atoms with Crippen LogP contribution in [0.25, 0.3) is 0 Å². The second-order valence-corrected chi connectivity index (χ2v) is 11.2. The zero-order valence-electron chi connectivity index (χ0n) is 22.5. The van der Waals surface area contributed by atoms with Crippen LogP contribution in [0.1, 0.15) is 58.7 Å². The molecule has 2 aliphatic heterocycles. The minimum absolute atomic E-state index is 0.204. The van der Waals surface area contributed by atoms with E-state index in [0.29, 0.717) is 47.0 Å². The summed E-state index contributed by atoms with van der Waals surface area (Å²) >= 11 is 0. The molecule has 1 aliphatic carbocycles. The standard InChI is InChI=1S/C29H24F6N4O4/c1-13-16(17-8-15(30)9-19(31)23(17)32)10-20(26(41)39(13)12-29(33,34)35)37-25(40)22-7-14-11-28(5-4-21(14)43-22)18-3-2-6-36-24(18)38-27(28)42/h2-3,6-9,13,16,20H,4-5,10-12H2,1H3,(H,37,40)(H,36,38,42)/t13?,16?,20?,28-/m0/s1. The first-order valence-electron chi connectivity index (χ1n) is 13.5. The molecule has 0 saturated carbocycles. The van der Waals surface area contributed by atoms with Gasteiger partial charge in [0.05, 0.1) is 5.41 Å². The Kier molecular flexibility index (Phi) is 6.77. The largest absolute Gasteiger partial charge is 0.456 e. The van der Waals surface area contributed by atoms with Crippen molar-refractivity contribution < 1.29 is 45.1 Å². The molecule has 3 aliphatic rings. The third-order valence-electron chi connectivity index (χ3n) is 8.60. The van der Waals surface area contributed by atoms with Crippen molar-refractivity contribution in [3.63, 3.8) is 0 Å². The highest BCUT2D eigenvalue weighted by Gasteiger charge is 2.50. The zero-order valence-corrected chi connectivity index (χ0v) is 22.5. The number of nitrogens with zero attached hydrogens (tertiary/aromatic N) is 2. The van der Waals surface area contributed by atoms with Crippen LogP contribution in [0.4, 0.5) is 32.2 Å². The second kappa shape index (κ2) is 10.1. The number of piperidine rings is 1. The first-order valence-corrected chi connectivity index (χ1v) is 13.5. The average molecular weight is 607 g/mol. The zero-order chi connectivity index (χ0) is 30.8. The van der Waals surface area contributed by atoms with E-state index in [4.69, 9.17) is 4.42 Å². The molecule has 1 spiro atoms. The van der Waals surface area contributed by atoms with Crippen LogP contribution >= 0.6 is 0 Å². The van der Waals surface area contributed by atoms with Crippen LogP contribution in [-0.4, -0.2) is 52.4 Å². The van der Waals surface area contributed by atoms with E-state index in [-0.39, 0.29) is 18.1 Å². The average Bonchev–Trinajstić information content (AvgIpc) is 3.48. The molecule has 2 N–H and O–H groups in total. The van der Waals surface area contributed by atoms with Crippen LogP contribution in [0.3, 0.4) is 0 Å². The number of pyridine rings is 1. The maximum atomic E-state index is 14.7. The molecule has 4 heterocycles. The third kappa shape index (κ3) is 4.91. The van der Waals surface area contributed by atoms with Crippen LogP contribution in [0.5, 0.6) is 0 Å². The fourth-order valence-corrected chi connectivity index (χ4v) is 6.51. The number of aryl methyl sites for hydroxylation is 1. The van der Waals surface area contributed by atoms with E-state index in [0.717, 1.165) is 5.56 Å². The van der Waals surface area contributed by atoms with E-state index in [1.165, 1.54) is 13.0 Å². The minimum Gasteiger partial charge on any atom is -0.456 e. The number of benzene rings is 1. The quantitative estimate of drug-likeness (QED) is 0.336. The van der Waals surface area contributed by atoms with Gasteiger partial charge < -0.3 is 20.0 Å². The lowest BCUT2D eigenvalue weighted by atomic mass is 9.70. The lowest BCUT2D eigenvalue weighted by Gasteiger charge is -2.43. The Bertz CT molecular complexity index is 1660. The lowest BCUT2D eigenvalue weighted by molar-refractivity contribution is -0.170. The van der Waals surface area contributed by atoms with Crippen molar-refractivity contribution in [1.82, 2.24) is 15.2 Å². The van der Waals surface area contributed by atoms with Crippen molar-refractivity contribution >= 4 is 23.5 Å². The third-order valence-corrected chi connectivity index (χ3v) is 8.60. The molecule has 4 atom stereocenters. The molecule has 0 bridgehead atoms. The summed E-state index contributed by atoms with van der Waals surface area (Å²) in [5, 5.41) is 5.15. The van der Waals surface area contributed by atoms with Crippen molar-refractivity contribution in [2.75, 3.05) is 11.9 Å². The molecule has 3 unspecified atom stereocenters. The summed E-state index contributed by atoms with van der Waals surface area (Å²) in [6.45, 7) is -0.497. The topological polar surface area (TPSA) is 105 Å². The maximum absolute atomic E-state index is 14.7. The van der Waals surface area contributed by atoms with Gasteiger partial charge in [-0.15, -0.1) is 0 Å². The number of likely N-dealkylation sites (tertiary alicyclic amines) is 1. The first-order chi connectivity index (χ1) is 20.3. The van der Waals surface area contributed by atoms with Gasteiger partial charge in [-0.25, -0.2) is 18.2 Å². The molecule has 1 aromatic carbocycles. The Hall–Kier alpha value is -4.36. The van der Waals surface area contributed by atoms with Crippen LogP contribution in [0, 0.1) is 17.5 Å². The molecule has 2 aromatic heterocycles. The van der Waals surface area contributed by atoms with Gasteiger partial charge in [0.25, 0.3) is 5.91 Å². The molecule has 8 nitrogen and oxygen atoms in total. The van der Waals surface area contributed by atoms with Crippen LogP contribution in [-0.2, 0) is 27.8 Å². The molecule has 1 fully saturated rings. The highest BCUT2D eigenvalue weighted by molar-refractivity contribution is 6.05. The van der Waals surface area contributed by atoms with E-state index in [1.54, 1.807) is 18.3 Å². The molecule has 226 valence electrons. The molecule has 0 radical (unpaired) electrons. The number of furan rings is 1. The number of amides is 3. The van der Waals surface area contributed by atoms with Crippen molar-refractivity contribution in [3.05, 3.63) is 82.2 Å². The highest BCUT2D eigenvalue weighted by Crippen LogP contribution is 2.46. The molecular formula is C29H24F6N4O4. The number of aromatic nitrogens is 1. The van der Waals surface area contributed by atoms with Crippen molar-refractivity contribution in [1.29, 1.82) is 0 Å². The predicted molar refractivity (Wildman–Crippen MR) is 137 cm³/mol. The van der Waals surface area contributed by atoms with E-state index < -0.39 is 77.4 Å². The van der Waals surface area contributed by atoms with Crippen molar-refractivity contribution in [2.45, 2.75) is 62.2 Å². The highest BCUT2D eigenvalue weighted by atomic mass is 19.4. The van der Waals surface area contributed by atoms with Gasteiger partial charge in [-0.3, -0.25) is 14.4 Å². The number of hydrogen-bond acceptors (Lipinski definition) is 5. The number of carbonyl (C=O) groups is 3. The van der Waals surface area contributed by atoms with E-state index in [1.807, 2.05) is 0 Å². The maximum Gasteiger partial charge on any atom is 0.406 e. The van der Waals surface area contributed by atoms with Gasteiger partial charge in [-0.1, -0.05) is 6.07 Å².